The molecule has 2 atom stereocenters. The zero-order valence-corrected chi connectivity index (χ0v) is 22.9. The van der Waals surface area contributed by atoms with Crippen molar-refractivity contribution in [3.63, 3.8) is 0 Å². The van der Waals surface area contributed by atoms with Crippen LogP contribution in [0.4, 0.5) is 10.6 Å². The molecule has 7 rings (SSSR count). The van der Waals surface area contributed by atoms with Gasteiger partial charge in [0, 0.05) is 18.0 Å². The van der Waals surface area contributed by atoms with Gasteiger partial charge in [0.2, 0.25) is 0 Å². The summed E-state index contributed by atoms with van der Waals surface area (Å²) in [6.45, 7) is 5.54. The molecule has 1 unspecified atom stereocenters. The molecule has 3 aliphatic carbocycles. The molecule has 4 fully saturated rings. The van der Waals surface area contributed by atoms with Crippen LogP contribution in [-0.4, -0.2) is 36.6 Å². The van der Waals surface area contributed by atoms with Crippen LogP contribution < -0.4 is 16.1 Å². The zero-order valence-electron chi connectivity index (χ0n) is 22.1. The molecule has 11 heteroatoms. The minimum absolute atomic E-state index is 0.164. The zero-order chi connectivity index (χ0) is 25.9. The number of imidazole rings is 1. The van der Waals surface area contributed by atoms with Gasteiger partial charge in [0.1, 0.15) is 11.3 Å². The first-order valence-electron chi connectivity index (χ1n) is 14.2. The topological polar surface area (TPSA) is 119 Å². The van der Waals surface area contributed by atoms with E-state index >= 15 is 0 Å². The minimum atomic E-state index is -0.617. The lowest BCUT2D eigenvalue weighted by atomic mass is 9.80. The Balaban J connectivity index is 1.36. The molecular weight excluding hydrogens is 500 g/mol. The van der Waals surface area contributed by atoms with Gasteiger partial charge in [-0.2, -0.15) is 0 Å². The normalized spacial score (nSPS) is 27.5. The fourth-order valence-electron chi connectivity index (χ4n) is 6.44. The Morgan fingerprint density at radius 3 is 2.63 bits per heavy atom. The number of nitrogens with one attached hydrogen (secondary N) is 3. The second kappa shape index (κ2) is 9.44. The van der Waals surface area contributed by atoms with Gasteiger partial charge in [-0.3, -0.25) is 5.32 Å². The Bertz CT molecular complexity index is 1320. The monoisotopic (exact) mass is 536 g/mol. The van der Waals surface area contributed by atoms with E-state index in [0.29, 0.717) is 23.3 Å². The van der Waals surface area contributed by atoms with E-state index < -0.39 is 12.3 Å². The largest absolute Gasteiger partial charge is 0.427 e. The number of carbonyl (C=O) groups excluding carboxylic acids is 1. The van der Waals surface area contributed by atoms with Crippen molar-refractivity contribution in [2.45, 2.75) is 95.8 Å². The van der Waals surface area contributed by atoms with Crippen LogP contribution in [0.15, 0.2) is 10.9 Å². The number of hydrogen-bond acceptors (Lipinski definition) is 9. The number of thiazole rings is 1. The van der Waals surface area contributed by atoms with Crippen LogP contribution in [0, 0.1) is 17.8 Å². The molecule has 0 radical (unpaired) electrons. The van der Waals surface area contributed by atoms with Crippen LogP contribution in [0.2, 0.25) is 0 Å². The van der Waals surface area contributed by atoms with E-state index in [-0.39, 0.29) is 11.5 Å². The maximum Gasteiger partial charge on any atom is 0.427 e. The molecule has 0 spiro atoms. The van der Waals surface area contributed by atoms with Gasteiger partial charge in [0.25, 0.3) is 0 Å². The van der Waals surface area contributed by atoms with E-state index in [1.807, 2.05) is 5.51 Å². The number of rotatable bonds is 8. The highest BCUT2D eigenvalue weighted by atomic mass is 32.1. The first kappa shape index (κ1) is 24.3. The van der Waals surface area contributed by atoms with E-state index in [1.54, 1.807) is 11.3 Å². The molecule has 1 aliphatic heterocycles. The number of hydrogen-bond donors (Lipinski definition) is 3. The average molecular weight is 537 g/mol. The van der Waals surface area contributed by atoms with E-state index in [9.17, 15) is 4.79 Å². The lowest BCUT2D eigenvalue weighted by Crippen LogP contribution is -2.32. The Labute approximate surface area is 226 Å². The molecule has 4 aliphatic rings. The van der Waals surface area contributed by atoms with Crippen LogP contribution in [0.1, 0.15) is 95.1 Å². The van der Waals surface area contributed by atoms with Crippen molar-refractivity contribution < 1.29 is 9.63 Å². The fraction of sp³-hybridized carbons (Fsp3) is 0.667. The summed E-state index contributed by atoms with van der Waals surface area (Å²) in [7, 11) is 0. The van der Waals surface area contributed by atoms with Gasteiger partial charge in [-0.1, -0.05) is 26.2 Å². The number of fused-ring (bicyclic) bond motifs is 1. The standard InChI is InChI=1S/C27H36N8O2S/c1-15-6-8-17(9-7-15)12-35-20-21(29-16(2)18-4-3-5-18)30-23(24-33-26(36)37-34-24)31-22(20)32-25(35)27(10-11-27)19-13-38-14-28-19/h13-18,24,34H,3-12H2,1-2H3,(H,33,36)(H,29,30,31)/t15?,16-,17?,24?/m1/s1. The lowest BCUT2D eigenvalue weighted by molar-refractivity contribution is 0.120. The third kappa shape index (κ3) is 4.23. The van der Waals surface area contributed by atoms with Crippen LogP contribution in [-0.2, 0) is 16.8 Å². The Morgan fingerprint density at radius 2 is 2.00 bits per heavy atom. The summed E-state index contributed by atoms with van der Waals surface area (Å²) in [6, 6.07) is 0.285. The number of nitrogens with zero attached hydrogens (tertiary/aromatic N) is 5. The summed E-state index contributed by atoms with van der Waals surface area (Å²) in [5.41, 5.74) is 7.22. The van der Waals surface area contributed by atoms with Crippen molar-refractivity contribution in [2.75, 3.05) is 5.32 Å². The lowest BCUT2D eigenvalue weighted by Gasteiger charge is -2.32. The molecule has 3 aromatic rings. The summed E-state index contributed by atoms with van der Waals surface area (Å²) in [4.78, 5) is 36.6. The second-order valence-electron chi connectivity index (χ2n) is 11.9. The third-order valence-electron chi connectivity index (χ3n) is 9.31. The van der Waals surface area contributed by atoms with Crippen LogP contribution >= 0.6 is 11.3 Å². The van der Waals surface area contributed by atoms with Crippen LogP contribution in [0.3, 0.4) is 0 Å². The number of hydroxylamine groups is 1. The molecule has 0 bridgehead atoms. The summed E-state index contributed by atoms with van der Waals surface area (Å²) < 4.78 is 2.43. The maximum atomic E-state index is 11.8. The number of anilines is 1. The second-order valence-corrected chi connectivity index (χ2v) is 12.7. The van der Waals surface area contributed by atoms with Gasteiger partial charge in [0.05, 0.1) is 16.6 Å². The Morgan fingerprint density at radius 1 is 1.18 bits per heavy atom. The van der Waals surface area contributed by atoms with E-state index in [2.05, 4.69) is 39.9 Å². The number of carbonyl (C=O) groups is 1. The maximum absolute atomic E-state index is 11.8. The van der Waals surface area contributed by atoms with Crippen molar-refractivity contribution in [1.82, 2.24) is 35.3 Å². The predicted molar refractivity (Wildman–Crippen MR) is 144 cm³/mol. The van der Waals surface area contributed by atoms with Gasteiger partial charge >= 0.3 is 6.09 Å². The molecule has 3 aromatic heterocycles. The predicted octanol–water partition coefficient (Wildman–Crippen LogP) is 5.03. The van der Waals surface area contributed by atoms with Gasteiger partial charge in [-0.25, -0.2) is 24.7 Å². The Kier molecular flexibility index (Phi) is 6.03. The van der Waals surface area contributed by atoms with Crippen molar-refractivity contribution in [3.05, 3.63) is 28.2 Å². The highest BCUT2D eigenvalue weighted by molar-refractivity contribution is 7.07. The van der Waals surface area contributed by atoms with Gasteiger partial charge in [-0.15, -0.1) is 16.8 Å². The first-order chi connectivity index (χ1) is 18.5. The van der Waals surface area contributed by atoms with E-state index in [0.717, 1.165) is 48.2 Å². The molecule has 3 N–H and O–H groups in total. The molecule has 1 amide bonds. The molecule has 202 valence electrons. The van der Waals surface area contributed by atoms with E-state index in [1.165, 1.54) is 44.9 Å². The smallest absolute Gasteiger partial charge is 0.365 e. The number of amides is 1. The molecule has 10 nitrogen and oxygen atoms in total. The van der Waals surface area contributed by atoms with Crippen LogP contribution in [0.25, 0.3) is 11.2 Å². The van der Waals surface area contributed by atoms with Crippen molar-refractivity contribution in [2.24, 2.45) is 17.8 Å². The van der Waals surface area contributed by atoms with E-state index in [4.69, 9.17) is 24.8 Å². The Hall–Kier alpha value is -2.79. The average Bonchev–Trinajstić information content (AvgIpc) is 3.22. The van der Waals surface area contributed by atoms with Crippen LogP contribution in [0.5, 0.6) is 0 Å². The SMILES string of the molecule is CC1CCC(Cn2c(C3(c4cscn4)CC3)nc3nc(C4NOC(=O)N4)nc(N[C@H](C)C4CCC4)c32)CC1. The van der Waals surface area contributed by atoms with Crippen molar-refractivity contribution in [1.29, 1.82) is 0 Å². The van der Waals surface area contributed by atoms with Crippen molar-refractivity contribution >= 4 is 34.4 Å². The minimum Gasteiger partial charge on any atom is -0.365 e. The summed E-state index contributed by atoms with van der Waals surface area (Å²) in [5.74, 6) is 4.35. The van der Waals surface area contributed by atoms with Gasteiger partial charge in [-0.05, 0) is 63.2 Å². The third-order valence-corrected chi connectivity index (χ3v) is 9.89. The van der Waals surface area contributed by atoms with Gasteiger partial charge < -0.3 is 14.7 Å². The van der Waals surface area contributed by atoms with Crippen molar-refractivity contribution in [3.8, 4) is 0 Å². The fourth-order valence-corrected chi connectivity index (χ4v) is 7.09. The first-order valence-corrected chi connectivity index (χ1v) is 15.1. The molecule has 0 aromatic carbocycles. The highest BCUT2D eigenvalue weighted by Crippen LogP contribution is 2.54. The summed E-state index contributed by atoms with van der Waals surface area (Å²) >= 11 is 1.64. The highest BCUT2D eigenvalue weighted by Gasteiger charge is 2.52. The summed E-state index contributed by atoms with van der Waals surface area (Å²) in [5, 5.41) is 8.68. The van der Waals surface area contributed by atoms with Gasteiger partial charge in [0.15, 0.2) is 23.5 Å². The molecule has 1 saturated heterocycles. The molecular formula is C27H36N8O2S. The summed E-state index contributed by atoms with van der Waals surface area (Å²) in [6.07, 6.45) is 9.72. The molecule has 38 heavy (non-hydrogen) atoms. The molecule has 3 saturated carbocycles. The number of aromatic nitrogens is 5. The quantitative estimate of drug-likeness (QED) is 0.367. The molecule has 4 heterocycles.